The minimum atomic E-state index is 0.226. The third-order valence-corrected chi connectivity index (χ3v) is 8.80. The molecule has 0 heterocycles. The first-order chi connectivity index (χ1) is 11.3. The molecule has 24 heavy (non-hydrogen) atoms. The van der Waals surface area contributed by atoms with Crippen molar-refractivity contribution >= 4 is 11.6 Å². The third-order valence-electron chi connectivity index (χ3n) is 8.80. The molecule has 3 saturated carbocycles. The first-order valence-electron chi connectivity index (χ1n) is 10.0. The van der Waals surface area contributed by atoms with E-state index in [-0.39, 0.29) is 16.7 Å². The highest BCUT2D eigenvalue weighted by molar-refractivity contribution is 5.91. The number of carbonyl (C=O) groups is 2. The first kappa shape index (κ1) is 16.5. The molecule has 0 bridgehead atoms. The second-order valence-electron chi connectivity index (χ2n) is 9.81. The molecule has 0 aromatic carbocycles. The van der Waals surface area contributed by atoms with Crippen molar-refractivity contribution in [2.24, 2.45) is 40.4 Å². The lowest BCUT2D eigenvalue weighted by atomic mass is 9.44. The van der Waals surface area contributed by atoms with Gasteiger partial charge in [0, 0.05) is 12.3 Å². The number of hydrogen-bond donors (Lipinski definition) is 0. The van der Waals surface area contributed by atoms with Gasteiger partial charge < -0.3 is 0 Å². The van der Waals surface area contributed by atoms with E-state index in [4.69, 9.17) is 0 Å². The van der Waals surface area contributed by atoms with Gasteiger partial charge in [-0.15, -0.1) is 0 Å². The van der Waals surface area contributed by atoms with Gasteiger partial charge in [0.05, 0.1) is 0 Å². The summed E-state index contributed by atoms with van der Waals surface area (Å²) in [7, 11) is 0. The number of ketones is 2. The number of fused-ring (bicyclic) bond motifs is 5. The maximum absolute atomic E-state index is 12.2. The Balaban J connectivity index is 1.72. The van der Waals surface area contributed by atoms with Crippen LogP contribution in [0.5, 0.6) is 0 Å². The highest BCUT2D eigenvalue weighted by Gasteiger charge is 2.61. The molecular formula is C22H32O2. The van der Waals surface area contributed by atoms with E-state index >= 15 is 0 Å². The fourth-order valence-electron chi connectivity index (χ4n) is 7.57. The molecule has 7 atom stereocenters. The van der Waals surface area contributed by atoms with Crippen molar-refractivity contribution in [2.75, 3.05) is 0 Å². The molecule has 0 N–H and O–H groups in total. The normalized spacial score (nSPS) is 50.6. The molecule has 2 nitrogen and oxygen atoms in total. The van der Waals surface area contributed by atoms with Crippen LogP contribution in [0.25, 0.3) is 0 Å². The van der Waals surface area contributed by atoms with E-state index in [0.29, 0.717) is 29.3 Å². The van der Waals surface area contributed by atoms with E-state index in [0.717, 1.165) is 31.6 Å². The molecule has 0 aliphatic heterocycles. The average Bonchev–Trinajstić information content (AvgIpc) is 2.86. The SMILES string of the molecule is CC(=O)[C@@H]1CC[C@@H]2[C@H]3[C@H](C)CC4=CC(=O)CC[C@]4(C)[C@H]3CC[C@@]21C. The highest BCUT2D eigenvalue weighted by atomic mass is 16.1. The summed E-state index contributed by atoms with van der Waals surface area (Å²) in [5, 5.41) is 0. The topological polar surface area (TPSA) is 34.1 Å². The van der Waals surface area contributed by atoms with Crippen molar-refractivity contribution in [2.45, 2.75) is 72.6 Å². The molecular weight excluding hydrogens is 296 g/mol. The van der Waals surface area contributed by atoms with E-state index in [2.05, 4.69) is 20.8 Å². The molecule has 0 radical (unpaired) electrons. The van der Waals surface area contributed by atoms with Crippen LogP contribution in [0.2, 0.25) is 0 Å². The fraction of sp³-hybridized carbons (Fsp3) is 0.818. The Morgan fingerprint density at radius 2 is 1.88 bits per heavy atom. The number of Topliss-reactive ketones (excluding diaryl/α,β-unsaturated/α-hetero) is 1. The van der Waals surface area contributed by atoms with Crippen LogP contribution in [-0.2, 0) is 9.59 Å². The molecule has 3 fully saturated rings. The fourth-order valence-corrected chi connectivity index (χ4v) is 7.57. The maximum atomic E-state index is 12.2. The standard InChI is InChI=1S/C22H32O2/c1-13-11-15-12-16(24)7-9-21(15,3)19-8-10-22(4)17(14(2)23)5-6-18(22)20(13)19/h12-13,17-20H,5-11H2,1-4H3/t13-,17+,18-,19+,20-,21+,22-/m1/s1. The number of carbonyl (C=O) groups excluding carboxylic acids is 2. The summed E-state index contributed by atoms with van der Waals surface area (Å²) in [6.45, 7) is 9.07. The minimum absolute atomic E-state index is 0.226. The second-order valence-corrected chi connectivity index (χ2v) is 9.81. The van der Waals surface area contributed by atoms with Gasteiger partial charge in [-0.3, -0.25) is 9.59 Å². The van der Waals surface area contributed by atoms with Gasteiger partial charge in [0.1, 0.15) is 5.78 Å². The summed E-state index contributed by atoms with van der Waals surface area (Å²) in [6.07, 6.45) is 9.66. The summed E-state index contributed by atoms with van der Waals surface area (Å²) in [5.74, 6) is 3.84. The molecule has 0 amide bonds. The molecule has 4 rings (SSSR count). The van der Waals surface area contributed by atoms with Gasteiger partial charge in [-0.1, -0.05) is 26.3 Å². The van der Waals surface area contributed by atoms with Crippen LogP contribution in [0.3, 0.4) is 0 Å². The van der Waals surface area contributed by atoms with E-state index in [1.165, 1.54) is 24.8 Å². The van der Waals surface area contributed by atoms with Crippen molar-refractivity contribution in [3.05, 3.63) is 11.6 Å². The van der Waals surface area contributed by atoms with Gasteiger partial charge in [-0.05, 0) is 86.0 Å². The monoisotopic (exact) mass is 328 g/mol. The van der Waals surface area contributed by atoms with Crippen LogP contribution < -0.4 is 0 Å². The van der Waals surface area contributed by atoms with Gasteiger partial charge in [0.2, 0.25) is 0 Å². The van der Waals surface area contributed by atoms with Gasteiger partial charge in [-0.25, -0.2) is 0 Å². The molecule has 0 saturated heterocycles. The van der Waals surface area contributed by atoms with Crippen molar-refractivity contribution in [3.8, 4) is 0 Å². The lowest BCUT2D eigenvalue weighted by Gasteiger charge is -2.60. The van der Waals surface area contributed by atoms with Crippen LogP contribution in [0.15, 0.2) is 11.6 Å². The summed E-state index contributed by atoms with van der Waals surface area (Å²) in [4.78, 5) is 24.2. The van der Waals surface area contributed by atoms with Crippen molar-refractivity contribution in [1.29, 1.82) is 0 Å². The quantitative estimate of drug-likeness (QED) is 0.681. The zero-order valence-corrected chi connectivity index (χ0v) is 15.7. The zero-order chi connectivity index (χ0) is 17.3. The lowest BCUT2D eigenvalue weighted by molar-refractivity contribution is -0.130. The van der Waals surface area contributed by atoms with E-state index in [1.807, 2.05) is 13.0 Å². The first-order valence-corrected chi connectivity index (χ1v) is 10.0. The summed E-state index contributed by atoms with van der Waals surface area (Å²) in [6, 6.07) is 0. The molecule has 0 aromatic heterocycles. The van der Waals surface area contributed by atoms with Crippen molar-refractivity contribution < 1.29 is 9.59 Å². The van der Waals surface area contributed by atoms with Gasteiger partial charge in [-0.2, -0.15) is 0 Å². The Morgan fingerprint density at radius 3 is 2.58 bits per heavy atom. The highest BCUT2D eigenvalue weighted by Crippen LogP contribution is 2.67. The molecule has 0 spiro atoms. The van der Waals surface area contributed by atoms with Crippen LogP contribution in [0, 0.1) is 40.4 Å². The summed E-state index contributed by atoms with van der Waals surface area (Å²) < 4.78 is 0. The lowest BCUT2D eigenvalue weighted by Crippen LogP contribution is -2.53. The number of allylic oxidation sites excluding steroid dienone is 1. The number of rotatable bonds is 1. The predicted octanol–water partition coefficient (Wildman–Crippen LogP) is 4.97. The molecule has 2 heteroatoms. The molecule has 4 aliphatic carbocycles. The Bertz CT molecular complexity index is 617. The third kappa shape index (κ3) is 2.07. The molecule has 4 aliphatic rings. The summed E-state index contributed by atoms with van der Waals surface area (Å²) in [5.41, 5.74) is 1.90. The minimum Gasteiger partial charge on any atom is -0.300 e. The Labute approximate surface area is 146 Å². The summed E-state index contributed by atoms with van der Waals surface area (Å²) >= 11 is 0. The number of hydrogen-bond acceptors (Lipinski definition) is 2. The van der Waals surface area contributed by atoms with Gasteiger partial charge in [0.25, 0.3) is 0 Å². The van der Waals surface area contributed by atoms with E-state index in [9.17, 15) is 9.59 Å². The van der Waals surface area contributed by atoms with Gasteiger partial charge in [0.15, 0.2) is 5.78 Å². The van der Waals surface area contributed by atoms with Gasteiger partial charge >= 0.3 is 0 Å². The zero-order valence-electron chi connectivity index (χ0n) is 15.7. The van der Waals surface area contributed by atoms with Crippen LogP contribution in [0.4, 0.5) is 0 Å². The molecule has 0 unspecified atom stereocenters. The van der Waals surface area contributed by atoms with Crippen LogP contribution >= 0.6 is 0 Å². The Morgan fingerprint density at radius 1 is 1.12 bits per heavy atom. The molecule has 132 valence electrons. The largest absolute Gasteiger partial charge is 0.300 e. The van der Waals surface area contributed by atoms with Crippen molar-refractivity contribution in [1.82, 2.24) is 0 Å². The van der Waals surface area contributed by atoms with E-state index in [1.54, 1.807) is 0 Å². The Hall–Kier alpha value is -0.920. The second kappa shape index (κ2) is 5.29. The Kier molecular flexibility index (Phi) is 3.64. The predicted molar refractivity (Wildman–Crippen MR) is 95.4 cm³/mol. The smallest absolute Gasteiger partial charge is 0.155 e. The maximum Gasteiger partial charge on any atom is 0.155 e. The molecule has 0 aromatic rings. The average molecular weight is 328 g/mol. The van der Waals surface area contributed by atoms with E-state index < -0.39 is 0 Å². The van der Waals surface area contributed by atoms with Crippen LogP contribution in [0.1, 0.15) is 72.6 Å². The van der Waals surface area contributed by atoms with Crippen molar-refractivity contribution in [3.63, 3.8) is 0 Å². The van der Waals surface area contributed by atoms with Crippen LogP contribution in [-0.4, -0.2) is 11.6 Å².